The molecule has 0 fully saturated rings. The van der Waals surface area contributed by atoms with Gasteiger partial charge in [-0.3, -0.25) is 0 Å². The van der Waals surface area contributed by atoms with Gasteiger partial charge in [0.05, 0.1) is 6.21 Å². The molecule has 0 aliphatic heterocycles. The third kappa shape index (κ3) is 2.75. The lowest BCUT2D eigenvalue weighted by Crippen LogP contribution is -1.94. The first kappa shape index (κ1) is 14.0. The Balaban J connectivity index is 1.99. The summed E-state index contributed by atoms with van der Waals surface area (Å²) in [5.41, 5.74) is 1.50. The lowest BCUT2D eigenvalue weighted by molar-refractivity contribution is 0.403. The first-order chi connectivity index (χ1) is 10.6. The molecule has 0 atom stereocenters. The summed E-state index contributed by atoms with van der Waals surface area (Å²) >= 11 is 5.18. The molecule has 0 spiro atoms. The van der Waals surface area contributed by atoms with Gasteiger partial charge in [-0.1, -0.05) is 30.3 Å². The molecule has 1 heterocycles. The molecule has 22 heavy (non-hydrogen) atoms. The zero-order valence-corrected chi connectivity index (χ0v) is 12.2. The molecule has 0 aliphatic carbocycles. The highest BCUT2D eigenvalue weighted by atomic mass is 32.1. The molecule has 110 valence electrons. The van der Waals surface area contributed by atoms with E-state index in [9.17, 15) is 10.2 Å². The maximum atomic E-state index is 9.49. The Bertz CT molecular complexity index is 884. The maximum Gasteiger partial charge on any atom is 0.216 e. The summed E-state index contributed by atoms with van der Waals surface area (Å²) < 4.78 is 1.85. The van der Waals surface area contributed by atoms with Crippen LogP contribution < -0.4 is 0 Å². The monoisotopic (exact) mass is 312 g/mol. The molecule has 3 N–H and O–H groups in total. The Labute approximate surface area is 131 Å². The van der Waals surface area contributed by atoms with Crippen molar-refractivity contribution in [1.29, 1.82) is 0 Å². The smallest absolute Gasteiger partial charge is 0.216 e. The van der Waals surface area contributed by atoms with Crippen LogP contribution in [0.4, 0.5) is 0 Å². The molecule has 0 amide bonds. The van der Waals surface area contributed by atoms with E-state index in [4.69, 9.17) is 12.2 Å². The van der Waals surface area contributed by atoms with E-state index in [1.807, 2.05) is 30.3 Å². The van der Waals surface area contributed by atoms with Gasteiger partial charge in [0.1, 0.15) is 0 Å². The van der Waals surface area contributed by atoms with E-state index >= 15 is 0 Å². The molecule has 2 aromatic carbocycles. The third-order valence-corrected chi connectivity index (χ3v) is 3.27. The highest BCUT2D eigenvalue weighted by Gasteiger charge is 2.07. The lowest BCUT2D eigenvalue weighted by Gasteiger charge is -2.01. The van der Waals surface area contributed by atoms with E-state index in [1.54, 1.807) is 6.07 Å². The van der Waals surface area contributed by atoms with E-state index in [1.165, 1.54) is 23.0 Å². The average Bonchev–Trinajstić information content (AvgIpc) is 2.90. The van der Waals surface area contributed by atoms with Crippen LogP contribution in [0, 0.1) is 4.77 Å². The molecular formula is C15H12N4O2S. The quantitative estimate of drug-likeness (QED) is 0.394. The van der Waals surface area contributed by atoms with Gasteiger partial charge in [0.2, 0.25) is 4.77 Å². The van der Waals surface area contributed by atoms with Crippen molar-refractivity contribution in [2.45, 2.75) is 0 Å². The van der Waals surface area contributed by atoms with E-state index in [0.29, 0.717) is 16.2 Å². The number of H-pyrrole nitrogens is 1. The van der Waals surface area contributed by atoms with E-state index in [0.717, 1.165) is 5.56 Å². The molecule has 3 rings (SSSR count). The molecular weight excluding hydrogens is 300 g/mol. The van der Waals surface area contributed by atoms with Crippen LogP contribution in [-0.4, -0.2) is 31.3 Å². The van der Waals surface area contributed by atoms with Gasteiger partial charge in [0.25, 0.3) is 0 Å². The van der Waals surface area contributed by atoms with Gasteiger partial charge in [-0.15, -0.1) is 0 Å². The van der Waals surface area contributed by atoms with Crippen molar-refractivity contribution in [2.75, 3.05) is 0 Å². The van der Waals surface area contributed by atoms with Gasteiger partial charge < -0.3 is 10.2 Å². The summed E-state index contributed by atoms with van der Waals surface area (Å²) in [6, 6.07) is 14.0. The first-order valence-corrected chi connectivity index (χ1v) is 6.85. The second kappa shape index (κ2) is 5.82. The van der Waals surface area contributed by atoms with Crippen LogP contribution in [0.1, 0.15) is 5.56 Å². The molecule has 0 aliphatic rings. The Kier molecular flexibility index (Phi) is 3.71. The van der Waals surface area contributed by atoms with Crippen LogP contribution in [0.15, 0.2) is 53.6 Å². The Morgan fingerprint density at radius 3 is 2.59 bits per heavy atom. The van der Waals surface area contributed by atoms with E-state index < -0.39 is 0 Å². The molecule has 7 heteroatoms. The fourth-order valence-corrected chi connectivity index (χ4v) is 2.10. The van der Waals surface area contributed by atoms with Crippen molar-refractivity contribution >= 4 is 18.4 Å². The van der Waals surface area contributed by atoms with Gasteiger partial charge in [-0.05, 0) is 36.0 Å². The zero-order valence-electron chi connectivity index (χ0n) is 11.3. The predicted molar refractivity (Wildman–Crippen MR) is 85.6 cm³/mol. The minimum Gasteiger partial charge on any atom is -0.504 e. The number of hydrogen-bond donors (Lipinski definition) is 3. The number of phenols is 2. The van der Waals surface area contributed by atoms with E-state index in [-0.39, 0.29) is 11.5 Å². The number of aromatic nitrogens is 3. The third-order valence-electron chi connectivity index (χ3n) is 3.00. The molecule has 0 saturated carbocycles. The number of benzene rings is 2. The summed E-state index contributed by atoms with van der Waals surface area (Å²) in [7, 11) is 0. The highest BCUT2D eigenvalue weighted by Crippen LogP contribution is 2.24. The zero-order chi connectivity index (χ0) is 15.5. The van der Waals surface area contributed by atoms with Crippen LogP contribution in [0.25, 0.3) is 11.4 Å². The van der Waals surface area contributed by atoms with Gasteiger partial charge >= 0.3 is 0 Å². The standard InChI is InChI=1S/C15H12N4O2S/c20-12-7-6-10(8-13(12)21)9-16-19-14(17-18-15(19)22)11-4-2-1-3-5-11/h1-9,20-21H,(H,18,22). The van der Waals surface area contributed by atoms with Crippen LogP contribution in [0.3, 0.4) is 0 Å². The maximum absolute atomic E-state index is 9.49. The van der Waals surface area contributed by atoms with Crippen molar-refractivity contribution in [3.63, 3.8) is 0 Å². The number of phenolic OH excluding ortho intramolecular Hbond substituents is 2. The van der Waals surface area contributed by atoms with Crippen molar-refractivity contribution < 1.29 is 10.2 Å². The Morgan fingerprint density at radius 1 is 1.09 bits per heavy atom. The number of aromatic hydroxyl groups is 2. The summed E-state index contributed by atoms with van der Waals surface area (Å²) in [5, 5.41) is 30.0. The van der Waals surface area contributed by atoms with Crippen LogP contribution >= 0.6 is 12.2 Å². The molecule has 0 radical (unpaired) electrons. The van der Waals surface area contributed by atoms with Crippen molar-refractivity contribution in [2.24, 2.45) is 5.10 Å². The lowest BCUT2D eigenvalue weighted by atomic mass is 10.2. The topological polar surface area (TPSA) is 86.4 Å². The Hall–Kier alpha value is -2.93. The molecule has 1 aromatic heterocycles. The summed E-state index contributed by atoms with van der Waals surface area (Å²) in [5.74, 6) is 0.204. The first-order valence-electron chi connectivity index (χ1n) is 6.44. The van der Waals surface area contributed by atoms with Crippen molar-refractivity contribution in [1.82, 2.24) is 14.9 Å². The summed E-state index contributed by atoms with van der Waals surface area (Å²) in [4.78, 5) is 0. The number of hydrogen-bond acceptors (Lipinski definition) is 5. The summed E-state index contributed by atoms with van der Waals surface area (Å²) in [6.45, 7) is 0. The Morgan fingerprint density at radius 2 is 1.86 bits per heavy atom. The van der Waals surface area contributed by atoms with E-state index in [2.05, 4.69) is 15.3 Å². The van der Waals surface area contributed by atoms with Crippen molar-refractivity contribution in [3.8, 4) is 22.9 Å². The van der Waals surface area contributed by atoms with Gasteiger partial charge in [-0.2, -0.15) is 14.9 Å². The molecule has 6 nitrogen and oxygen atoms in total. The van der Waals surface area contributed by atoms with Crippen LogP contribution in [0.2, 0.25) is 0 Å². The predicted octanol–water partition coefficient (Wildman–Crippen LogP) is 2.90. The normalized spacial score (nSPS) is 11.1. The second-order valence-corrected chi connectivity index (χ2v) is 4.91. The minimum absolute atomic E-state index is 0.179. The number of nitrogens with zero attached hydrogens (tertiary/aromatic N) is 3. The fraction of sp³-hybridized carbons (Fsp3) is 0. The largest absolute Gasteiger partial charge is 0.504 e. The highest BCUT2D eigenvalue weighted by molar-refractivity contribution is 7.71. The van der Waals surface area contributed by atoms with Gasteiger partial charge in [-0.25, -0.2) is 5.10 Å². The molecule has 0 bridgehead atoms. The van der Waals surface area contributed by atoms with Crippen molar-refractivity contribution in [3.05, 3.63) is 58.9 Å². The minimum atomic E-state index is -0.206. The molecule has 3 aromatic rings. The van der Waals surface area contributed by atoms with Gasteiger partial charge in [0, 0.05) is 5.56 Å². The molecule has 0 saturated heterocycles. The van der Waals surface area contributed by atoms with Crippen LogP contribution in [-0.2, 0) is 0 Å². The second-order valence-electron chi connectivity index (χ2n) is 4.52. The average molecular weight is 312 g/mol. The number of aromatic amines is 1. The van der Waals surface area contributed by atoms with Crippen LogP contribution in [0.5, 0.6) is 11.5 Å². The van der Waals surface area contributed by atoms with Gasteiger partial charge in [0.15, 0.2) is 17.3 Å². The number of rotatable bonds is 3. The SMILES string of the molecule is Oc1ccc(C=Nn2c(-c3ccccc3)n[nH]c2=S)cc1O. The number of nitrogens with one attached hydrogen (secondary N) is 1. The summed E-state index contributed by atoms with van der Waals surface area (Å²) in [6.07, 6.45) is 1.52. The molecule has 0 unspecified atom stereocenters. The fourth-order valence-electron chi connectivity index (χ4n) is 1.92.